The van der Waals surface area contributed by atoms with Crippen molar-refractivity contribution >= 4 is 19.8 Å². The molecular weight excluding hydrogens is 385 g/mol. The van der Waals surface area contributed by atoms with E-state index in [9.17, 15) is 4.79 Å². The lowest BCUT2D eigenvalue weighted by atomic mass is 10.1. The van der Waals surface area contributed by atoms with Crippen LogP contribution >= 0.6 is 8.58 Å². The molecule has 6 nitrogen and oxygen atoms in total. The highest BCUT2D eigenvalue weighted by molar-refractivity contribution is 7.51. The molecule has 0 aromatic heterocycles. The van der Waals surface area contributed by atoms with Gasteiger partial charge in [0.05, 0.1) is 25.7 Å². The maximum Gasteiger partial charge on any atom is 0.252 e. The fourth-order valence-corrected chi connectivity index (χ4v) is 5.54. The first-order valence-electron chi connectivity index (χ1n) is 9.92. The molecule has 3 aliphatic rings. The highest BCUT2D eigenvalue weighted by Gasteiger charge is 2.31. The van der Waals surface area contributed by atoms with Gasteiger partial charge in [-0.25, -0.2) is 0 Å². The third-order valence-corrected chi connectivity index (χ3v) is 6.97. The summed E-state index contributed by atoms with van der Waals surface area (Å²) in [5.74, 6) is 1.45. The van der Waals surface area contributed by atoms with E-state index in [0.717, 1.165) is 29.7 Å². The zero-order chi connectivity index (χ0) is 20.5. The Kier molecular flexibility index (Phi) is 5.66. The van der Waals surface area contributed by atoms with Crippen molar-refractivity contribution in [3.05, 3.63) is 53.9 Å². The minimum Gasteiger partial charge on any atom is -0.493 e. The second-order valence-electron chi connectivity index (χ2n) is 7.75. The average molecular weight is 413 g/mol. The molecular formula is C22H28N3O3P. The predicted octanol–water partition coefficient (Wildman–Crippen LogP) is 2.98. The van der Waals surface area contributed by atoms with Gasteiger partial charge in [-0.2, -0.15) is 0 Å². The van der Waals surface area contributed by atoms with Gasteiger partial charge in [0.1, 0.15) is 0 Å². The van der Waals surface area contributed by atoms with Crippen molar-refractivity contribution in [2.75, 3.05) is 27.3 Å². The molecule has 4 atom stereocenters. The van der Waals surface area contributed by atoms with E-state index in [1.165, 1.54) is 0 Å². The first-order chi connectivity index (χ1) is 14.0. The Balaban J connectivity index is 1.56. The van der Waals surface area contributed by atoms with Crippen LogP contribution in [-0.2, 0) is 4.79 Å². The summed E-state index contributed by atoms with van der Waals surface area (Å²) >= 11 is 0. The highest BCUT2D eigenvalue weighted by atomic mass is 31.1. The van der Waals surface area contributed by atoms with Crippen molar-refractivity contribution < 1.29 is 14.3 Å². The number of piperazine rings is 1. The Hall–Kier alpha value is -2.30. The number of methoxy groups -OCH3 is 2. The standard InChI is InChI=1S/C22H28N3O3P/c1-14-11-24(12-15(2)23-14)17-6-8-22-25(13-17)21(26)10-20(29-22)16-5-7-18(27-3)19(9-16)28-4/h5-10,13-15,22-23,29H,11-12H2,1-4H3/t14-,15+,22?. The van der Waals surface area contributed by atoms with Crippen LogP contribution in [0, 0.1) is 0 Å². The maximum atomic E-state index is 12.9. The third kappa shape index (κ3) is 4.05. The van der Waals surface area contributed by atoms with Crippen LogP contribution in [0.4, 0.5) is 0 Å². The molecule has 2 unspecified atom stereocenters. The number of carbonyl (C=O) groups excluding carboxylic acids is 1. The molecule has 4 rings (SSSR count). The number of carbonyl (C=O) groups is 1. The van der Waals surface area contributed by atoms with E-state index in [1.807, 2.05) is 29.3 Å². The van der Waals surface area contributed by atoms with E-state index >= 15 is 0 Å². The van der Waals surface area contributed by atoms with Gasteiger partial charge in [0.2, 0.25) is 0 Å². The molecule has 3 aliphatic heterocycles. The van der Waals surface area contributed by atoms with Gasteiger partial charge >= 0.3 is 0 Å². The van der Waals surface area contributed by atoms with Crippen molar-refractivity contribution in [1.29, 1.82) is 0 Å². The Bertz CT molecular complexity index is 885. The zero-order valence-corrected chi connectivity index (χ0v) is 18.3. The lowest BCUT2D eigenvalue weighted by Crippen LogP contribution is -2.54. The largest absolute Gasteiger partial charge is 0.493 e. The number of allylic oxidation sites excluding steroid dienone is 1. The first kappa shape index (κ1) is 20.0. The smallest absolute Gasteiger partial charge is 0.252 e. The van der Waals surface area contributed by atoms with Crippen LogP contribution < -0.4 is 14.8 Å². The van der Waals surface area contributed by atoms with E-state index in [-0.39, 0.29) is 11.7 Å². The molecule has 0 bridgehead atoms. The summed E-state index contributed by atoms with van der Waals surface area (Å²) in [4.78, 5) is 17.2. The van der Waals surface area contributed by atoms with Gasteiger partial charge in [-0.1, -0.05) is 20.7 Å². The Morgan fingerprint density at radius 3 is 2.52 bits per heavy atom. The van der Waals surface area contributed by atoms with Gasteiger partial charge in [0.25, 0.3) is 5.91 Å². The molecule has 3 heterocycles. The summed E-state index contributed by atoms with van der Waals surface area (Å²) in [7, 11) is 3.72. The van der Waals surface area contributed by atoms with Crippen LogP contribution in [-0.4, -0.2) is 60.9 Å². The molecule has 1 N–H and O–H groups in total. The number of hydrogen-bond acceptors (Lipinski definition) is 5. The Morgan fingerprint density at radius 1 is 1.10 bits per heavy atom. The highest BCUT2D eigenvalue weighted by Crippen LogP contribution is 2.46. The number of amides is 1. The lowest BCUT2D eigenvalue weighted by Gasteiger charge is -2.41. The number of ether oxygens (including phenoxy) is 2. The van der Waals surface area contributed by atoms with Crippen molar-refractivity contribution in [2.24, 2.45) is 0 Å². The van der Waals surface area contributed by atoms with E-state index in [2.05, 4.69) is 36.2 Å². The van der Waals surface area contributed by atoms with Gasteiger partial charge in [-0.05, 0) is 42.9 Å². The molecule has 1 aromatic carbocycles. The van der Waals surface area contributed by atoms with Crippen LogP contribution in [0.15, 0.2) is 48.3 Å². The summed E-state index contributed by atoms with van der Waals surface area (Å²) in [5, 5.41) is 4.60. The number of hydrogen-bond donors (Lipinski definition) is 1. The zero-order valence-electron chi connectivity index (χ0n) is 17.3. The van der Waals surface area contributed by atoms with Crippen molar-refractivity contribution in [3.63, 3.8) is 0 Å². The summed E-state index contributed by atoms with van der Waals surface area (Å²) in [6.45, 7) is 6.29. The minimum absolute atomic E-state index is 0.0246. The van der Waals surface area contributed by atoms with Gasteiger partial charge in [-0.15, -0.1) is 0 Å². The molecule has 0 radical (unpaired) electrons. The molecule has 7 heteroatoms. The average Bonchev–Trinajstić information content (AvgIpc) is 2.72. The number of benzene rings is 1. The molecule has 0 spiro atoms. The van der Waals surface area contributed by atoms with Crippen LogP contribution in [0.1, 0.15) is 19.4 Å². The van der Waals surface area contributed by atoms with Crippen molar-refractivity contribution in [2.45, 2.75) is 31.7 Å². The summed E-state index contributed by atoms with van der Waals surface area (Å²) in [6.07, 6.45) is 8.11. The SMILES string of the molecule is COc1ccc(C2=CC(=O)N3C=C(N4C[C@@H](C)N[C@@H](C)C4)C=CC3P2)cc1OC. The minimum atomic E-state index is 0.0246. The molecule has 29 heavy (non-hydrogen) atoms. The number of rotatable bonds is 4. The van der Waals surface area contributed by atoms with Gasteiger partial charge in [0.15, 0.2) is 11.5 Å². The summed E-state index contributed by atoms with van der Waals surface area (Å²) < 4.78 is 10.7. The number of fused-ring (bicyclic) bond motifs is 1. The molecule has 1 saturated heterocycles. The van der Waals surface area contributed by atoms with Gasteiger partial charge < -0.3 is 24.6 Å². The molecule has 154 valence electrons. The van der Waals surface area contributed by atoms with E-state index in [4.69, 9.17) is 9.47 Å². The molecule has 1 amide bonds. The van der Waals surface area contributed by atoms with Crippen LogP contribution in [0.25, 0.3) is 5.31 Å². The first-order valence-corrected chi connectivity index (χ1v) is 11.0. The lowest BCUT2D eigenvalue weighted by molar-refractivity contribution is -0.123. The summed E-state index contributed by atoms with van der Waals surface area (Å²) in [5.41, 5.74) is 2.12. The fourth-order valence-electron chi connectivity index (χ4n) is 4.16. The van der Waals surface area contributed by atoms with Crippen LogP contribution in [0.3, 0.4) is 0 Å². The normalized spacial score (nSPS) is 27.4. The topological polar surface area (TPSA) is 54.0 Å². The van der Waals surface area contributed by atoms with E-state index in [1.54, 1.807) is 20.3 Å². The Labute approximate surface area is 174 Å². The van der Waals surface area contributed by atoms with Gasteiger partial charge in [0, 0.05) is 37.4 Å². The molecule has 0 saturated carbocycles. The quantitative estimate of drug-likeness (QED) is 0.770. The summed E-state index contributed by atoms with van der Waals surface area (Å²) in [6, 6.07) is 6.68. The molecule has 1 fully saturated rings. The second kappa shape index (κ2) is 8.21. The van der Waals surface area contributed by atoms with E-state index < -0.39 is 0 Å². The fraction of sp³-hybridized carbons (Fsp3) is 0.409. The predicted molar refractivity (Wildman–Crippen MR) is 117 cm³/mol. The van der Waals surface area contributed by atoms with Crippen molar-refractivity contribution in [3.8, 4) is 11.5 Å². The van der Waals surface area contributed by atoms with E-state index in [0.29, 0.717) is 32.2 Å². The van der Waals surface area contributed by atoms with Crippen molar-refractivity contribution in [1.82, 2.24) is 15.1 Å². The van der Waals surface area contributed by atoms with Crippen LogP contribution in [0.2, 0.25) is 0 Å². The Morgan fingerprint density at radius 2 is 1.83 bits per heavy atom. The third-order valence-electron chi connectivity index (χ3n) is 5.46. The maximum absolute atomic E-state index is 12.9. The number of nitrogens with one attached hydrogen (secondary N) is 1. The van der Waals surface area contributed by atoms with Crippen LogP contribution in [0.5, 0.6) is 11.5 Å². The molecule has 0 aliphatic carbocycles. The monoisotopic (exact) mass is 413 g/mol. The number of nitrogens with zero attached hydrogens (tertiary/aromatic N) is 2. The van der Waals surface area contributed by atoms with Gasteiger partial charge in [-0.3, -0.25) is 4.79 Å². The molecule has 1 aromatic rings. The second-order valence-corrected chi connectivity index (χ2v) is 9.17.